The highest BCUT2D eigenvalue weighted by Gasteiger charge is 2.33. The van der Waals surface area contributed by atoms with E-state index in [-0.39, 0.29) is 11.0 Å². The molecule has 0 spiro atoms. The third-order valence-electron chi connectivity index (χ3n) is 4.46. The Morgan fingerprint density at radius 3 is 2.29 bits per heavy atom. The summed E-state index contributed by atoms with van der Waals surface area (Å²) in [6.07, 6.45) is -4.51. The van der Waals surface area contributed by atoms with E-state index in [0.29, 0.717) is 36.8 Å². The molecule has 0 aliphatic carbocycles. The Labute approximate surface area is 166 Å². The second kappa shape index (κ2) is 7.76. The van der Waals surface area contributed by atoms with E-state index in [2.05, 4.69) is 9.35 Å². The van der Waals surface area contributed by atoms with Crippen LogP contribution in [0.25, 0.3) is 0 Å². The lowest BCUT2D eigenvalue weighted by molar-refractivity contribution is -0.137. The lowest BCUT2D eigenvalue weighted by Crippen LogP contribution is -2.48. The molecule has 3 rings (SSSR count). The molecule has 0 bridgehead atoms. The SMILES string of the molecule is CN=S(=O)(c1ccc(N)cc1)N1CCN(c2cc(C(F)(F)F)cc(Cl)n2)CC1. The average molecular weight is 434 g/mol. The highest BCUT2D eigenvalue weighted by Crippen LogP contribution is 2.33. The molecule has 1 saturated heterocycles. The van der Waals surface area contributed by atoms with Crippen molar-refractivity contribution in [3.63, 3.8) is 0 Å². The molecular formula is C17H19ClF3N5OS. The minimum Gasteiger partial charge on any atom is -0.399 e. The van der Waals surface area contributed by atoms with Gasteiger partial charge < -0.3 is 10.6 Å². The smallest absolute Gasteiger partial charge is 0.399 e. The van der Waals surface area contributed by atoms with Crippen LogP contribution >= 0.6 is 11.6 Å². The second-order valence-corrected chi connectivity index (χ2v) is 8.93. The molecule has 1 atom stereocenters. The Morgan fingerprint density at radius 2 is 1.75 bits per heavy atom. The molecule has 1 aromatic heterocycles. The van der Waals surface area contributed by atoms with E-state index < -0.39 is 21.7 Å². The summed E-state index contributed by atoms with van der Waals surface area (Å²) in [5, 5.41) is -0.221. The Balaban J connectivity index is 1.80. The number of hydrogen-bond acceptors (Lipinski definition) is 5. The predicted octanol–water partition coefficient (Wildman–Crippen LogP) is 3.53. The van der Waals surface area contributed by atoms with E-state index in [1.807, 2.05) is 0 Å². The van der Waals surface area contributed by atoms with Gasteiger partial charge in [-0.05, 0) is 36.4 Å². The van der Waals surface area contributed by atoms with Crippen LogP contribution in [0.1, 0.15) is 5.56 Å². The van der Waals surface area contributed by atoms with E-state index in [0.717, 1.165) is 12.1 Å². The van der Waals surface area contributed by atoms with Gasteiger partial charge in [-0.3, -0.25) is 0 Å². The van der Waals surface area contributed by atoms with Gasteiger partial charge in [0.15, 0.2) is 0 Å². The number of piperazine rings is 1. The summed E-state index contributed by atoms with van der Waals surface area (Å²) in [5.74, 6) is 0.145. The average Bonchev–Trinajstić information content (AvgIpc) is 2.67. The Bertz CT molecular complexity index is 966. The maximum atomic E-state index is 13.4. The molecule has 0 radical (unpaired) electrons. The summed E-state index contributed by atoms with van der Waals surface area (Å²) in [6, 6.07) is 8.43. The largest absolute Gasteiger partial charge is 0.416 e. The minimum absolute atomic E-state index is 0.145. The maximum Gasteiger partial charge on any atom is 0.416 e. The van der Waals surface area contributed by atoms with E-state index >= 15 is 0 Å². The van der Waals surface area contributed by atoms with Crippen molar-refractivity contribution in [3.8, 4) is 0 Å². The Kier molecular flexibility index (Phi) is 5.74. The third kappa shape index (κ3) is 4.18. The topological polar surface area (TPSA) is 74.8 Å². The van der Waals surface area contributed by atoms with Crippen molar-refractivity contribution in [1.82, 2.24) is 9.29 Å². The van der Waals surface area contributed by atoms with Gasteiger partial charge in [-0.2, -0.15) is 13.2 Å². The lowest BCUT2D eigenvalue weighted by atomic mass is 10.2. The number of anilines is 2. The monoisotopic (exact) mass is 433 g/mol. The zero-order valence-corrected chi connectivity index (χ0v) is 16.6. The molecule has 152 valence electrons. The summed E-state index contributed by atoms with van der Waals surface area (Å²) in [4.78, 5) is 6.24. The fourth-order valence-corrected chi connectivity index (χ4v) is 5.08. The van der Waals surface area contributed by atoms with Crippen molar-refractivity contribution in [3.05, 3.63) is 47.1 Å². The van der Waals surface area contributed by atoms with Crippen LogP contribution in [0.4, 0.5) is 24.7 Å². The molecule has 1 aliphatic heterocycles. The van der Waals surface area contributed by atoms with Crippen LogP contribution in [-0.2, 0) is 16.1 Å². The van der Waals surface area contributed by atoms with Gasteiger partial charge in [-0.15, -0.1) is 0 Å². The van der Waals surface area contributed by atoms with Crippen molar-refractivity contribution < 1.29 is 17.4 Å². The molecule has 0 saturated carbocycles. The number of alkyl halides is 3. The third-order valence-corrected chi connectivity index (χ3v) is 7.10. The normalized spacial score (nSPS) is 18.0. The van der Waals surface area contributed by atoms with Crippen molar-refractivity contribution in [1.29, 1.82) is 0 Å². The molecule has 2 heterocycles. The number of halogens is 4. The first-order valence-corrected chi connectivity index (χ1v) is 10.2. The summed E-state index contributed by atoms with van der Waals surface area (Å²) in [7, 11) is -1.33. The van der Waals surface area contributed by atoms with Gasteiger partial charge in [0.2, 0.25) is 0 Å². The molecule has 2 N–H and O–H groups in total. The van der Waals surface area contributed by atoms with Gasteiger partial charge in [0.25, 0.3) is 0 Å². The summed E-state index contributed by atoms with van der Waals surface area (Å²) < 4.78 is 58.3. The molecule has 1 aromatic carbocycles. The minimum atomic E-state index is -4.51. The van der Waals surface area contributed by atoms with Crippen LogP contribution in [0, 0.1) is 0 Å². The van der Waals surface area contributed by atoms with Crippen LogP contribution in [-0.4, -0.2) is 46.7 Å². The summed E-state index contributed by atoms with van der Waals surface area (Å²) >= 11 is 5.77. The summed E-state index contributed by atoms with van der Waals surface area (Å²) in [5.41, 5.74) is 5.39. The fourth-order valence-electron chi connectivity index (χ4n) is 2.99. The summed E-state index contributed by atoms with van der Waals surface area (Å²) in [6.45, 7) is 1.37. The Hall–Kier alpha value is -2.04. The first-order chi connectivity index (χ1) is 13.1. The van der Waals surface area contributed by atoms with Gasteiger partial charge in [-0.25, -0.2) is 17.9 Å². The molecule has 11 heteroatoms. The first kappa shape index (κ1) is 20.7. The zero-order chi connectivity index (χ0) is 20.5. The predicted molar refractivity (Wildman–Crippen MR) is 104 cm³/mol. The molecule has 0 amide bonds. The lowest BCUT2D eigenvalue weighted by Gasteiger charge is -2.36. The van der Waals surface area contributed by atoms with Crippen LogP contribution in [0.15, 0.2) is 45.7 Å². The maximum absolute atomic E-state index is 13.4. The Morgan fingerprint density at radius 1 is 1.14 bits per heavy atom. The van der Waals surface area contributed by atoms with Gasteiger partial charge in [0.1, 0.15) is 20.9 Å². The van der Waals surface area contributed by atoms with Crippen LogP contribution in [0.5, 0.6) is 0 Å². The zero-order valence-electron chi connectivity index (χ0n) is 15.0. The molecule has 1 fully saturated rings. The molecule has 28 heavy (non-hydrogen) atoms. The number of nitrogens with zero attached hydrogens (tertiary/aromatic N) is 4. The van der Waals surface area contributed by atoms with E-state index in [1.54, 1.807) is 33.5 Å². The number of nitrogen functional groups attached to an aromatic ring is 1. The number of pyridine rings is 1. The number of aromatic nitrogens is 1. The van der Waals surface area contributed by atoms with Gasteiger partial charge in [-0.1, -0.05) is 11.6 Å². The van der Waals surface area contributed by atoms with Gasteiger partial charge in [0.05, 0.1) is 10.5 Å². The molecule has 6 nitrogen and oxygen atoms in total. The molecular weight excluding hydrogens is 415 g/mol. The number of nitrogens with two attached hydrogens (primary N) is 1. The number of hydrogen-bond donors (Lipinski definition) is 1. The second-order valence-electron chi connectivity index (χ2n) is 6.20. The van der Waals surface area contributed by atoms with Crippen LogP contribution in [0.3, 0.4) is 0 Å². The van der Waals surface area contributed by atoms with Crippen molar-refractivity contribution in [2.75, 3.05) is 43.9 Å². The molecule has 1 aliphatic rings. The highest BCUT2D eigenvalue weighted by molar-refractivity contribution is 7.91. The van der Waals surface area contributed by atoms with Crippen molar-refractivity contribution in [2.45, 2.75) is 11.1 Å². The van der Waals surface area contributed by atoms with Gasteiger partial charge in [0, 0.05) is 38.9 Å². The fraction of sp³-hybridized carbons (Fsp3) is 0.353. The quantitative estimate of drug-likeness (QED) is 0.593. The highest BCUT2D eigenvalue weighted by atomic mass is 35.5. The van der Waals surface area contributed by atoms with E-state index in [1.165, 1.54) is 7.05 Å². The first-order valence-electron chi connectivity index (χ1n) is 8.39. The number of benzene rings is 1. The molecule has 1 unspecified atom stereocenters. The van der Waals surface area contributed by atoms with E-state index in [4.69, 9.17) is 17.3 Å². The standard InChI is InChI=1S/C17H19ClF3N5OS/c1-23-28(27,14-4-2-13(22)3-5-14)26-8-6-25(7-9-26)16-11-12(17(19,20)21)10-15(18)24-16/h2-5,10-11H,6-9,22H2,1H3. The van der Waals surface area contributed by atoms with Gasteiger partial charge >= 0.3 is 6.18 Å². The van der Waals surface area contributed by atoms with Crippen molar-refractivity contribution in [2.24, 2.45) is 4.36 Å². The van der Waals surface area contributed by atoms with Crippen molar-refractivity contribution >= 4 is 33.0 Å². The van der Waals surface area contributed by atoms with Crippen LogP contribution in [0.2, 0.25) is 5.15 Å². The molecule has 2 aromatic rings. The van der Waals surface area contributed by atoms with Crippen LogP contribution < -0.4 is 10.6 Å². The van der Waals surface area contributed by atoms with E-state index in [9.17, 15) is 17.4 Å². The number of rotatable bonds is 3.